The molecule has 12 rings (SSSR count). The van der Waals surface area contributed by atoms with Crippen LogP contribution in [0.5, 0.6) is 0 Å². The van der Waals surface area contributed by atoms with Gasteiger partial charge in [-0.2, -0.15) is 0 Å². The van der Waals surface area contributed by atoms with Gasteiger partial charge in [-0.15, -0.1) is 0 Å². The average Bonchev–Trinajstić information content (AvgIpc) is 3.75. The van der Waals surface area contributed by atoms with Crippen molar-refractivity contribution in [2.75, 3.05) is 0 Å². The third-order valence-electron chi connectivity index (χ3n) is 11.4. The minimum absolute atomic E-state index is 0.705. The van der Waals surface area contributed by atoms with Crippen LogP contribution in [0.3, 0.4) is 0 Å². The maximum atomic E-state index is 5.34. The predicted octanol–water partition coefficient (Wildman–Crippen LogP) is 13.5. The molecule has 3 heterocycles. The van der Waals surface area contributed by atoms with Gasteiger partial charge in [-0.1, -0.05) is 109 Å². The molecule has 0 atom stereocenters. The predicted molar refractivity (Wildman–Crippen MR) is 234 cm³/mol. The van der Waals surface area contributed by atoms with E-state index in [1.54, 1.807) is 0 Å². The Kier molecular flexibility index (Phi) is 6.60. The van der Waals surface area contributed by atoms with Crippen molar-refractivity contribution in [3.8, 4) is 34.0 Å². The maximum absolute atomic E-state index is 5.34. The molecule has 0 saturated carbocycles. The molecule has 4 nitrogen and oxygen atoms in total. The summed E-state index contributed by atoms with van der Waals surface area (Å²) in [6, 6.07) is 69.7. The van der Waals surface area contributed by atoms with Crippen LogP contribution in [0.2, 0.25) is 0 Å². The van der Waals surface area contributed by atoms with Crippen molar-refractivity contribution in [2.45, 2.75) is 0 Å². The second kappa shape index (κ2) is 12.0. The zero-order chi connectivity index (χ0) is 36.7. The van der Waals surface area contributed by atoms with Crippen molar-refractivity contribution in [3.63, 3.8) is 0 Å². The molecule has 0 aliphatic carbocycles. The summed E-state index contributed by atoms with van der Waals surface area (Å²) >= 11 is 0. The topological polar surface area (TPSA) is 35.6 Å². The van der Waals surface area contributed by atoms with Crippen molar-refractivity contribution < 1.29 is 0 Å². The van der Waals surface area contributed by atoms with E-state index in [1.807, 2.05) is 0 Å². The molecule has 12 aromatic rings. The van der Waals surface area contributed by atoms with Gasteiger partial charge in [-0.25, -0.2) is 9.97 Å². The molecular weight excluding hydrogens is 681 g/mol. The molecule has 0 unspecified atom stereocenters. The zero-order valence-electron chi connectivity index (χ0n) is 30.3. The summed E-state index contributed by atoms with van der Waals surface area (Å²) in [5.41, 5.74) is 10.9. The van der Waals surface area contributed by atoms with Crippen molar-refractivity contribution >= 4 is 76.1 Å². The highest BCUT2D eigenvalue weighted by atomic mass is 15.0. The van der Waals surface area contributed by atoms with Gasteiger partial charge in [-0.3, -0.25) is 0 Å². The molecule has 9 aromatic carbocycles. The molecule has 3 aromatic heterocycles. The van der Waals surface area contributed by atoms with Gasteiger partial charge in [0.25, 0.3) is 0 Å². The smallest absolute Gasteiger partial charge is 0.160 e. The highest BCUT2D eigenvalue weighted by molar-refractivity contribution is 6.15. The first-order valence-corrected chi connectivity index (χ1v) is 19.1. The highest BCUT2D eigenvalue weighted by Gasteiger charge is 2.18. The Bertz CT molecular complexity index is 3520. The number of para-hydroxylation sites is 3. The summed E-state index contributed by atoms with van der Waals surface area (Å²) in [6.07, 6.45) is 0. The molecule has 0 aliphatic heterocycles. The molecule has 0 radical (unpaired) electrons. The molecule has 0 spiro atoms. The molecule has 0 amide bonds. The lowest BCUT2D eigenvalue weighted by molar-refractivity contribution is 1.17. The molecule has 0 aliphatic rings. The Morgan fingerprint density at radius 1 is 0.304 bits per heavy atom. The van der Waals surface area contributed by atoms with Crippen LogP contribution < -0.4 is 0 Å². The molecule has 0 saturated heterocycles. The number of nitrogens with zero attached hydrogens (tertiary/aromatic N) is 4. The second-order valence-corrected chi connectivity index (χ2v) is 14.6. The van der Waals surface area contributed by atoms with Crippen LogP contribution in [-0.4, -0.2) is 19.1 Å². The number of rotatable bonds is 4. The van der Waals surface area contributed by atoms with E-state index in [0.717, 1.165) is 44.6 Å². The van der Waals surface area contributed by atoms with Crippen LogP contribution in [0, 0.1) is 0 Å². The molecular formula is C52H32N4. The Hall–Kier alpha value is -7.56. The second-order valence-electron chi connectivity index (χ2n) is 14.6. The van der Waals surface area contributed by atoms with Gasteiger partial charge in [0.2, 0.25) is 0 Å². The van der Waals surface area contributed by atoms with Crippen LogP contribution in [-0.2, 0) is 0 Å². The number of aromatic nitrogens is 4. The van der Waals surface area contributed by atoms with E-state index < -0.39 is 0 Å². The summed E-state index contributed by atoms with van der Waals surface area (Å²) in [5, 5.41) is 10.9. The van der Waals surface area contributed by atoms with Crippen LogP contribution >= 0.6 is 0 Å². The largest absolute Gasteiger partial charge is 0.309 e. The van der Waals surface area contributed by atoms with Gasteiger partial charge in [0.05, 0.1) is 33.3 Å². The fourth-order valence-corrected chi connectivity index (χ4v) is 8.83. The monoisotopic (exact) mass is 712 g/mol. The normalized spacial score (nSPS) is 11.9. The van der Waals surface area contributed by atoms with Gasteiger partial charge in [0.1, 0.15) is 0 Å². The Morgan fingerprint density at radius 2 is 0.804 bits per heavy atom. The van der Waals surface area contributed by atoms with Crippen LogP contribution in [0.1, 0.15) is 0 Å². The third kappa shape index (κ3) is 4.66. The zero-order valence-corrected chi connectivity index (χ0v) is 30.3. The van der Waals surface area contributed by atoms with E-state index in [0.29, 0.717) is 5.82 Å². The summed E-state index contributed by atoms with van der Waals surface area (Å²) in [4.78, 5) is 10.5. The number of fused-ring (bicyclic) bond motifs is 9. The molecule has 260 valence electrons. The number of hydrogen-bond acceptors (Lipinski definition) is 2. The van der Waals surface area contributed by atoms with Gasteiger partial charge in [-0.05, 0) is 106 Å². The van der Waals surface area contributed by atoms with E-state index in [4.69, 9.17) is 9.97 Å². The van der Waals surface area contributed by atoms with E-state index in [9.17, 15) is 0 Å². The fraction of sp³-hybridized carbons (Fsp3) is 0. The highest BCUT2D eigenvalue weighted by Crippen LogP contribution is 2.39. The lowest BCUT2D eigenvalue weighted by Crippen LogP contribution is -1.97. The SMILES string of the molecule is c1ccc(-n2c3ccc(-c4nc(-c5ccc(-n6c7ccccc7c7cc8ccccc8cc76)cc5)nc5ccccc45)cc3c3cc4ccccc4cc32)cc1. The van der Waals surface area contributed by atoms with Crippen molar-refractivity contribution in [1.82, 2.24) is 19.1 Å². The van der Waals surface area contributed by atoms with Gasteiger partial charge >= 0.3 is 0 Å². The first-order valence-electron chi connectivity index (χ1n) is 19.1. The van der Waals surface area contributed by atoms with Crippen molar-refractivity contribution in [2.24, 2.45) is 0 Å². The first-order chi connectivity index (χ1) is 27.7. The third-order valence-corrected chi connectivity index (χ3v) is 11.4. The van der Waals surface area contributed by atoms with Gasteiger partial charge in [0, 0.05) is 49.4 Å². The molecule has 0 fully saturated rings. The van der Waals surface area contributed by atoms with Crippen LogP contribution in [0.15, 0.2) is 194 Å². The minimum atomic E-state index is 0.705. The van der Waals surface area contributed by atoms with E-state index in [-0.39, 0.29) is 0 Å². The quantitative estimate of drug-likeness (QED) is 0.182. The summed E-state index contributed by atoms with van der Waals surface area (Å²) in [7, 11) is 0. The first kappa shape index (κ1) is 30.9. The summed E-state index contributed by atoms with van der Waals surface area (Å²) in [5.74, 6) is 0.705. The van der Waals surface area contributed by atoms with E-state index in [2.05, 4.69) is 203 Å². The molecule has 4 heteroatoms. The van der Waals surface area contributed by atoms with Crippen LogP contribution in [0.4, 0.5) is 0 Å². The number of hydrogen-bond donors (Lipinski definition) is 0. The van der Waals surface area contributed by atoms with Crippen molar-refractivity contribution in [1.29, 1.82) is 0 Å². The Labute approximate surface area is 322 Å². The molecule has 0 bridgehead atoms. The van der Waals surface area contributed by atoms with Gasteiger partial charge in [0.15, 0.2) is 5.82 Å². The lowest BCUT2D eigenvalue weighted by Gasteiger charge is -2.12. The maximum Gasteiger partial charge on any atom is 0.160 e. The summed E-state index contributed by atoms with van der Waals surface area (Å²) < 4.78 is 4.75. The van der Waals surface area contributed by atoms with Crippen LogP contribution in [0.25, 0.3) is 110 Å². The van der Waals surface area contributed by atoms with Crippen molar-refractivity contribution in [3.05, 3.63) is 194 Å². The molecule has 0 N–H and O–H groups in total. The Morgan fingerprint density at radius 3 is 1.50 bits per heavy atom. The fourth-order valence-electron chi connectivity index (χ4n) is 8.83. The summed E-state index contributed by atoms with van der Waals surface area (Å²) in [6.45, 7) is 0. The lowest BCUT2D eigenvalue weighted by atomic mass is 10.0. The average molecular weight is 713 g/mol. The van der Waals surface area contributed by atoms with Gasteiger partial charge < -0.3 is 9.13 Å². The van der Waals surface area contributed by atoms with E-state index in [1.165, 1.54) is 59.6 Å². The number of benzene rings is 9. The minimum Gasteiger partial charge on any atom is -0.309 e. The van der Waals surface area contributed by atoms with E-state index >= 15 is 0 Å². The molecule has 56 heavy (non-hydrogen) atoms. The Balaban J connectivity index is 1.02. The standard InChI is InChI=1S/C52H32N4/c1-2-16-39(17-3-1)55-48-27-24-38(30-44(48)45-29-35-13-5-7-15-37(35)32-50(45)55)51-42-19-8-10-20-46(42)53-52(54-51)33-22-25-40(26-23-33)56-47-21-11-9-18-41(47)43-28-34-12-4-6-14-36(34)31-49(43)56/h1-32H.